The van der Waals surface area contributed by atoms with Gasteiger partial charge in [0.25, 0.3) is 5.91 Å². The minimum absolute atomic E-state index is 0. The van der Waals surface area contributed by atoms with Gasteiger partial charge in [-0.25, -0.2) is 8.78 Å². The van der Waals surface area contributed by atoms with Crippen molar-refractivity contribution in [1.82, 2.24) is 21.1 Å². The van der Waals surface area contributed by atoms with Gasteiger partial charge in [-0.3, -0.25) is 9.59 Å². The van der Waals surface area contributed by atoms with E-state index in [2.05, 4.69) is 27.2 Å². The number of halogens is 3. The lowest BCUT2D eigenvalue weighted by Crippen LogP contribution is -2.60. The summed E-state index contributed by atoms with van der Waals surface area (Å²) in [6.07, 6.45) is 2.64. The maximum Gasteiger partial charge on any atom is 0.273 e. The number of benzene rings is 1. The first-order chi connectivity index (χ1) is 14.9. The molecule has 0 spiro atoms. The molecule has 1 saturated carbocycles. The first-order valence-electron chi connectivity index (χ1n) is 10.1. The molecule has 1 aromatic carbocycles. The largest absolute Gasteiger partial charge is 0.355 e. The van der Waals surface area contributed by atoms with Crippen LogP contribution in [0.1, 0.15) is 36.2 Å². The van der Waals surface area contributed by atoms with Crippen LogP contribution in [0.25, 0.3) is 11.3 Å². The number of aromatic nitrogens is 1. The first kappa shape index (κ1) is 23.6. The molecular formula is C21H22ClF2N5O3. The van der Waals surface area contributed by atoms with E-state index in [1.807, 2.05) is 0 Å². The van der Waals surface area contributed by atoms with Gasteiger partial charge in [-0.15, -0.1) is 12.4 Å². The van der Waals surface area contributed by atoms with E-state index in [0.717, 1.165) is 12.5 Å². The quantitative estimate of drug-likeness (QED) is 0.623. The fraction of sp³-hybridized carbons (Fsp3) is 0.429. The van der Waals surface area contributed by atoms with Crippen molar-refractivity contribution in [2.24, 2.45) is 5.92 Å². The van der Waals surface area contributed by atoms with Gasteiger partial charge in [0.1, 0.15) is 17.2 Å². The molecule has 2 fully saturated rings. The molecule has 1 aromatic heterocycles. The van der Waals surface area contributed by atoms with Crippen LogP contribution in [0.4, 0.5) is 8.78 Å². The summed E-state index contributed by atoms with van der Waals surface area (Å²) in [6, 6.07) is 5.97. The lowest BCUT2D eigenvalue weighted by molar-refractivity contribution is -0.128. The predicted octanol–water partition coefficient (Wildman–Crippen LogP) is 2.31. The number of hydrogen-bond acceptors (Lipinski definition) is 6. The first-order valence-corrected chi connectivity index (χ1v) is 10.1. The summed E-state index contributed by atoms with van der Waals surface area (Å²) in [7, 11) is 0. The zero-order valence-corrected chi connectivity index (χ0v) is 17.8. The summed E-state index contributed by atoms with van der Waals surface area (Å²) in [5, 5.41) is 21.8. The minimum atomic E-state index is -0.833. The van der Waals surface area contributed by atoms with Crippen LogP contribution in [-0.2, 0) is 4.79 Å². The van der Waals surface area contributed by atoms with Crippen molar-refractivity contribution < 1.29 is 22.9 Å². The van der Waals surface area contributed by atoms with Crippen LogP contribution in [0.2, 0.25) is 0 Å². The van der Waals surface area contributed by atoms with Gasteiger partial charge in [-0.2, -0.15) is 5.26 Å². The van der Waals surface area contributed by atoms with E-state index >= 15 is 0 Å². The van der Waals surface area contributed by atoms with Gasteiger partial charge >= 0.3 is 0 Å². The fourth-order valence-corrected chi connectivity index (χ4v) is 3.87. The Kier molecular flexibility index (Phi) is 7.11. The number of nitrogens with one attached hydrogen (secondary N) is 3. The molecule has 3 N–H and O–H groups in total. The second-order valence-electron chi connectivity index (χ2n) is 7.92. The highest BCUT2D eigenvalue weighted by molar-refractivity contribution is 5.94. The summed E-state index contributed by atoms with van der Waals surface area (Å²) >= 11 is 0. The van der Waals surface area contributed by atoms with Crippen molar-refractivity contribution in [3.8, 4) is 17.4 Å². The summed E-state index contributed by atoms with van der Waals surface area (Å²) < 4.78 is 32.1. The van der Waals surface area contributed by atoms with E-state index < -0.39 is 35.0 Å². The maximum atomic E-state index is 14.0. The van der Waals surface area contributed by atoms with E-state index in [9.17, 15) is 23.6 Å². The molecule has 2 atom stereocenters. The van der Waals surface area contributed by atoms with Gasteiger partial charge in [0.15, 0.2) is 11.5 Å². The Balaban J connectivity index is 0.00000289. The Labute approximate surface area is 189 Å². The maximum absolute atomic E-state index is 14.0. The Morgan fingerprint density at radius 2 is 2.06 bits per heavy atom. The molecule has 1 saturated heterocycles. The summed E-state index contributed by atoms with van der Waals surface area (Å²) in [4.78, 5) is 25.5. The highest BCUT2D eigenvalue weighted by atomic mass is 35.5. The Bertz CT molecular complexity index is 1050. The smallest absolute Gasteiger partial charge is 0.273 e. The molecule has 1 aliphatic carbocycles. The number of amides is 2. The van der Waals surface area contributed by atoms with Crippen molar-refractivity contribution in [3.63, 3.8) is 0 Å². The number of carbonyl (C=O) groups is 2. The number of rotatable bonds is 5. The molecule has 1 aliphatic heterocycles. The SMILES string of the molecule is Cl.N#CC1(NC(=O)C2CNCCC2NC(=O)c2cc(-c3ccc(F)cc3F)on2)CCC1. The van der Waals surface area contributed by atoms with Crippen LogP contribution in [0, 0.1) is 28.9 Å². The molecule has 170 valence electrons. The molecule has 0 bridgehead atoms. The van der Waals surface area contributed by atoms with Gasteiger partial charge in [-0.05, 0) is 44.4 Å². The van der Waals surface area contributed by atoms with E-state index in [-0.39, 0.29) is 35.3 Å². The lowest BCUT2D eigenvalue weighted by Gasteiger charge is -2.39. The minimum Gasteiger partial charge on any atom is -0.355 e. The van der Waals surface area contributed by atoms with Crippen molar-refractivity contribution in [3.05, 3.63) is 41.6 Å². The van der Waals surface area contributed by atoms with E-state index in [4.69, 9.17) is 4.52 Å². The zero-order valence-electron chi connectivity index (χ0n) is 17.0. The number of hydrogen-bond donors (Lipinski definition) is 3. The molecule has 2 unspecified atom stereocenters. The summed E-state index contributed by atoms with van der Waals surface area (Å²) in [5.74, 6) is -2.98. The van der Waals surface area contributed by atoms with Crippen LogP contribution < -0.4 is 16.0 Å². The van der Waals surface area contributed by atoms with Gasteiger partial charge < -0.3 is 20.5 Å². The molecular weight excluding hydrogens is 444 g/mol. The predicted molar refractivity (Wildman–Crippen MR) is 112 cm³/mol. The average molecular weight is 466 g/mol. The molecule has 2 heterocycles. The zero-order chi connectivity index (χ0) is 22.0. The lowest BCUT2D eigenvalue weighted by atomic mass is 9.77. The number of nitrogens with zero attached hydrogens (tertiary/aromatic N) is 2. The van der Waals surface area contributed by atoms with Gasteiger partial charge in [-0.1, -0.05) is 5.16 Å². The number of piperidine rings is 1. The third-order valence-electron chi connectivity index (χ3n) is 5.86. The van der Waals surface area contributed by atoms with E-state index in [0.29, 0.717) is 38.4 Å². The molecule has 2 amide bonds. The van der Waals surface area contributed by atoms with Gasteiger partial charge in [0.05, 0.1) is 17.6 Å². The Morgan fingerprint density at radius 3 is 2.72 bits per heavy atom. The molecule has 0 radical (unpaired) electrons. The topological polar surface area (TPSA) is 120 Å². The van der Waals surface area contributed by atoms with E-state index in [1.54, 1.807) is 0 Å². The third-order valence-corrected chi connectivity index (χ3v) is 5.86. The van der Waals surface area contributed by atoms with Crippen LogP contribution in [0.3, 0.4) is 0 Å². The van der Waals surface area contributed by atoms with Crippen molar-refractivity contribution in [2.75, 3.05) is 13.1 Å². The molecule has 2 aromatic rings. The van der Waals surface area contributed by atoms with Crippen LogP contribution >= 0.6 is 12.4 Å². The second kappa shape index (κ2) is 9.63. The summed E-state index contributed by atoms with van der Waals surface area (Å²) in [5.41, 5.74) is -0.915. The normalized spacial score (nSPS) is 21.4. The highest BCUT2D eigenvalue weighted by Gasteiger charge is 2.42. The van der Waals surface area contributed by atoms with Crippen LogP contribution in [-0.4, -0.2) is 41.6 Å². The van der Waals surface area contributed by atoms with Crippen molar-refractivity contribution in [1.29, 1.82) is 5.26 Å². The Hall–Kier alpha value is -3.03. The van der Waals surface area contributed by atoms with Gasteiger partial charge in [0, 0.05) is 24.7 Å². The third kappa shape index (κ3) is 4.74. The second-order valence-corrected chi connectivity index (χ2v) is 7.92. The fourth-order valence-electron chi connectivity index (χ4n) is 3.87. The monoisotopic (exact) mass is 465 g/mol. The molecule has 8 nitrogen and oxygen atoms in total. The molecule has 32 heavy (non-hydrogen) atoms. The number of nitriles is 1. The average Bonchev–Trinajstić information content (AvgIpc) is 3.21. The molecule has 11 heteroatoms. The van der Waals surface area contributed by atoms with Crippen LogP contribution in [0.5, 0.6) is 0 Å². The summed E-state index contributed by atoms with van der Waals surface area (Å²) in [6.45, 7) is 0.978. The van der Waals surface area contributed by atoms with Crippen molar-refractivity contribution in [2.45, 2.75) is 37.3 Å². The Morgan fingerprint density at radius 1 is 1.28 bits per heavy atom. The van der Waals surface area contributed by atoms with E-state index in [1.165, 1.54) is 12.1 Å². The molecule has 2 aliphatic rings. The molecule has 4 rings (SSSR count). The highest BCUT2D eigenvalue weighted by Crippen LogP contribution is 2.31. The van der Waals surface area contributed by atoms with Crippen molar-refractivity contribution >= 4 is 24.2 Å². The van der Waals surface area contributed by atoms with Crippen LogP contribution in [0.15, 0.2) is 28.8 Å². The van der Waals surface area contributed by atoms with Gasteiger partial charge in [0.2, 0.25) is 5.91 Å². The number of carbonyl (C=O) groups excluding carboxylic acids is 2. The standard InChI is InChI=1S/C21H21F2N5O3.ClH/c22-12-2-3-13(15(23)8-12)18-9-17(28-31-18)20(30)26-16-4-7-25-10-14(16)19(29)27-21(11-24)5-1-6-21;/h2-3,8-9,14,16,25H,1,4-7,10H2,(H,26,30)(H,27,29);1H.